The van der Waals surface area contributed by atoms with Crippen molar-refractivity contribution in [2.24, 2.45) is 5.73 Å². The van der Waals surface area contributed by atoms with Crippen LogP contribution in [-0.4, -0.2) is 121 Å². The minimum atomic E-state index is -1.24. The molecule has 0 bridgehead atoms. The molecule has 1 amide bonds. The third kappa shape index (κ3) is 17.2. The van der Waals surface area contributed by atoms with E-state index in [-0.39, 0.29) is 12.3 Å². The summed E-state index contributed by atoms with van der Waals surface area (Å²) in [5, 5.41) is 8.89. The van der Waals surface area contributed by atoms with Gasteiger partial charge in [0.2, 0.25) is 5.91 Å². The number of aliphatic carboxylic acids is 1. The summed E-state index contributed by atoms with van der Waals surface area (Å²) in [5.41, 5.74) is 5.46. The van der Waals surface area contributed by atoms with Gasteiger partial charge in [-0.1, -0.05) is 0 Å². The van der Waals surface area contributed by atoms with Crippen molar-refractivity contribution in [2.75, 3.05) is 93.4 Å². The van der Waals surface area contributed by atoms with Gasteiger partial charge < -0.3 is 44.2 Å². The molecule has 11 heteroatoms. The topological polar surface area (TPSA) is 139 Å². The third-order valence-electron chi connectivity index (χ3n) is 3.68. The molecule has 0 aliphatic carbocycles. The van der Waals surface area contributed by atoms with E-state index < -0.39 is 12.0 Å². The lowest BCUT2D eigenvalue weighted by molar-refractivity contribution is -0.143. The molecule has 0 fully saturated rings. The number of ether oxygens (including phenoxy) is 6. The molecule has 3 N–H and O–H groups in total. The van der Waals surface area contributed by atoms with Crippen LogP contribution in [0.15, 0.2) is 0 Å². The number of carboxylic acids is 1. The molecule has 0 saturated carbocycles. The summed E-state index contributed by atoms with van der Waals surface area (Å²) in [6.07, 6.45) is -0.282. The Kier molecular flexibility index (Phi) is 19.0. The van der Waals surface area contributed by atoms with Crippen molar-refractivity contribution in [1.82, 2.24) is 4.90 Å². The summed E-state index contributed by atoms with van der Waals surface area (Å²) >= 11 is 0. The number of carbonyl (C=O) groups is 2. The van der Waals surface area contributed by atoms with Gasteiger partial charge in [0.1, 0.15) is 6.04 Å². The Morgan fingerprint density at radius 3 is 1.52 bits per heavy atom. The van der Waals surface area contributed by atoms with E-state index in [0.29, 0.717) is 79.2 Å². The normalized spacial score (nSPS) is 12.1. The maximum atomic E-state index is 12.3. The Hall–Kier alpha value is -1.34. The average molecular weight is 424 g/mol. The van der Waals surface area contributed by atoms with Crippen LogP contribution in [0, 0.1) is 0 Å². The molecule has 0 rings (SSSR count). The van der Waals surface area contributed by atoms with Gasteiger partial charge in [-0.3, -0.25) is 9.59 Å². The highest BCUT2D eigenvalue weighted by atomic mass is 16.5. The number of methoxy groups -OCH3 is 2. The standard InChI is InChI=1S/C18H36N2O9/c1-24-7-9-28-13-11-26-5-3-20(17(21)15-16(19)18(22)23)4-6-27-12-14-29-10-8-25-2/h16H,3-15,19H2,1-2H3,(H,22,23)/t16-/m0/s1. The highest BCUT2D eigenvalue weighted by Gasteiger charge is 2.21. The average Bonchev–Trinajstić information content (AvgIpc) is 2.70. The number of hydrogen-bond donors (Lipinski definition) is 2. The van der Waals surface area contributed by atoms with Crippen molar-refractivity contribution in [3.8, 4) is 0 Å². The van der Waals surface area contributed by atoms with Gasteiger partial charge in [0.15, 0.2) is 0 Å². The van der Waals surface area contributed by atoms with Gasteiger partial charge in [0.05, 0.1) is 72.5 Å². The maximum Gasteiger partial charge on any atom is 0.321 e. The molecule has 0 aliphatic rings. The lowest BCUT2D eigenvalue weighted by atomic mass is 10.2. The molecule has 0 saturated heterocycles. The Labute approximate surface area is 172 Å². The predicted octanol–water partition coefficient (Wildman–Crippen LogP) is -1.02. The molecule has 0 radical (unpaired) electrons. The SMILES string of the molecule is COCCOCCOCCN(CCOCCOCCOC)C(=O)C[C@H](N)C(=O)O. The second kappa shape index (κ2) is 20.0. The zero-order valence-electron chi connectivity index (χ0n) is 17.5. The van der Waals surface area contributed by atoms with Crippen LogP contribution in [-0.2, 0) is 38.0 Å². The second-order valence-electron chi connectivity index (χ2n) is 5.96. The van der Waals surface area contributed by atoms with E-state index in [4.69, 9.17) is 39.3 Å². The molecule has 0 unspecified atom stereocenters. The second-order valence-corrected chi connectivity index (χ2v) is 5.96. The van der Waals surface area contributed by atoms with E-state index in [2.05, 4.69) is 0 Å². The number of carboxylic acid groups (broad SMARTS) is 1. The predicted molar refractivity (Wildman–Crippen MR) is 104 cm³/mol. The molecular formula is C18H36N2O9. The first-order valence-electron chi connectivity index (χ1n) is 9.57. The van der Waals surface area contributed by atoms with Crippen molar-refractivity contribution >= 4 is 11.9 Å². The van der Waals surface area contributed by atoms with Gasteiger partial charge in [-0.05, 0) is 0 Å². The fourth-order valence-corrected chi connectivity index (χ4v) is 2.04. The summed E-state index contributed by atoms with van der Waals surface area (Å²) in [4.78, 5) is 24.7. The molecule has 0 heterocycles. The molecule has 172 valence electrons. The van der Waals surface area contributed by atoms with Gasteiger partial charge >= 0.3 is 5.97 Å². The fourth-order valence-electron chi connectivity index (χ4n) is 2.04. The highest BCUT2D eigenvalue weighted by Crippen LogP contribution is 1.99. The Morgan fingerprint density at radius 2 is 1.14 bits per heavy atom. The van der Waals surface area contributed by atoms with E-state index in [9.17, 15) is 9.59 Å². The van der Waals surface area contributed by atoms with E-state index in [0.717, 1.165) is 0 Å². The van der Waals surface area contributed by atoms with E-state index >= 15 is 0 Å². The number of rotatable bonds is 21. The summed E-state index contributed by atoms with van der Waals surface area (Å²) in [6, 6.07) is -1.24. The number of hydrogen-bond acceptors (Lipinski definition) is 9. The van der Waals surface area contributed by atoms with E-state index in [1.165, 1.54) is 4.90 Å². The van der Waals surface area contributed by atoms with Crippen molar-refractivity contribution < 1.29 is 43.1 Å². The molecule has 0 aromatic rings. The van der Waals surface area contributed by atoms with Crippen LogP contribution in [0.1, 0.15) is 6.42 Å². The summed E-state index contributed by atoms with van der Waals surface area (Å²) in [7, 11) is 3.19. The van der Waals surface area contributed by atoms with Crippen LogP contribution in [0.3, 0.4) is 0 Å². The van der Waals surface area contributed by atoms with Gasteiger partial charge in [0.25, 0.3) is 0 Å². The molecule has 0 aromatic heterocycles. The van der Waals surface area contributed by atoms with Crippen LogP contribution >= 0.6 is 0 Å². The molecule has 0 spiro atoms. The smallest absolute Gasteiger partial charge is 0.321 e. The quantitative estimate of drug-likeness (QED) is 0.220. The Morgan fingerprint density at radius 1 is 0.759 bits per heavy atom. The zero-order valence-corrected chi connectivity index (χ0v) is 17.5. The number of nitrogens with two attached hydrogens (primary N) is 1. The molecule has 1 atom stereocenters. The largest absolute Gasteiger partial charge is 0.480 e. The van der Waals surface area contributed by atoms with Crippen molar-refractivity contribution in [1.29, 1.82) is 0 Å². The lowest BCUT2D eigenvalue weighted by Crippen LogP contribution is -2.42. The highest BCUT2D eigenvalue weighted by molar-refractivity contribution is 5.84. The number of nitrogens with zero attached hydrogens (tertiary/aromatic N) is 1. The van der Waals surface area contributed by atoms with Crippen LogP contribution < -0.4 is 5.73 Å². The number of carbonyl (C=O) groups excluding carboxylic acids is 1. The van der Waals surface area contributed by atoms with Crippen LogP contribution in [0.25, 0.3) is 0 Å². The van der Waals surface area contributed by atoms with Crippen LogP contribution in [0.2, 0.25) is 0 Å². The fraction of sp³-hybridized carbons (Fsp3) is 0.889. The zero-order chi connectivity index (χ0) is 21.7. The van der Waals surface area contributed by atoms with Crippen molar-refractivity contribution in [3.63, 3.8) is 0 Å². The van der Waals surface area contributed by atoms with E-state index in [1.807, 2.05) is 0 Å². The van der Waals surface area contributed by atoms with Gasteiger partial charge in [0, 0.05) is 27.3 Å². The summed E-state index contributed by atoms with van der Waals surface area (Å²) < 4.78 is 31.2. The number of amides is 1. The minimum absolute atomic E-state index is 0.282. The lowest BCUT2D eigenvalue weighted by Gasteiger charge is -2.23. The minimum Gasteiger partial charge on any atom is -0.480 e. The Bertz CT molecular complexity index is 393. The van der Waals surface area contributed by atoms with Crippen LogP contribution in [0.5, 0.6) is 0 Å². The molecule has 29 heavy (non-hydrogen) atoms. The van der Waals surface area contributed by atoms with Crippen LogP contribution in [0.4, 0.5) is 0 Å². The molecule has 0 aliphatic heterocycles. The Balaban J connectivity index is 4.12. The van der Waals surface area contributed by atoms with Crippen molar-refractivity contribution in [2.45, 2.75) is 12.5 Å². The summed E-state index contributed by atoms with van der Waals surface area (Å²) in [6.45, 7) is 4.82. The third-order valence-corrected chi connectivity index (χ3v) is 3.68. The van der Waals surface area contributed by atoms with Gasteiger partial charge in [-0.25, -0.2) is 0 Å². The van der Waals surface area contributed by atoms with Gasteiger partial charge in [-0.15, -0.1) is 0 Å². The first-order chi connectivity index (χ1) is 14.0. The molecule has 11 nitrogen and oxygen atoms in total. The summed E-state index contributed by atoms with van der Waals surface area (Å²) in [5.74, 6) is -1.58. The van der Waals surface area contributed by atoms with Gasteiger partial charge in [-0.2, -0.15) is 0 Å². The maximum absolute atomic E-state index is 12.3. The first-order valence-corrected chi connectivity index (χ1v) is 9.57. The van der Waals surface area contributed by atoms with Crippen molar-refractivity contribution in [3.05, 3.63) is 0 Å². The molecule has 0 aromatic carbocycles. The van der Waals surface area contributed by atoms with E-state index in [1.54, 1.807) is 14.2 Å². The molecular weight excluding hydrogens is 388 g/mol. The monoisotopic (exact) mass is 424 g/mol. The first kappa shape index (κ1) is 27.7.